The fourth-order valence-corrected chi connectivity index (χ4v) is 3.10. The van der Waals surface area contributed by atoms with Crippen LogP contribution in [0.3, 0.4) is 0 Å². The molecule has 106 valence electrons. The van der Waals surface area contributed by atoms with Crippen LogP contribution in [-0.4, -0.2) is 25.3 Å². The molecular formula is C16H24INO. The minimum atomic E-state index is 0.367. The fraction of sp³-hybridized carbons (Fsp3) is 0.625. The van der Waals surface area contributed by atoms with Gasteiger partial charge in [-0.25, -0.2) is 0 Å². The lowest BCUT2D eigenvalue weighted by Crippen LogP contribution is -2.44. The van der Waals surface area contributed by atoms with Crippen molar-refractivity contribution in [1.82, 2.24) is 5.32 Å². The van der Waals surface area contributed by atoms with Gasteiger partial charge in [0.05, 0.1) is 6.10 Å². The van der Waals surface area contributed by atoms with Gasteiger partial charge in [-0.05, 0) is 72.0 Å². The van der Waals surface area contributed by atoms with Crippen molar-refractivity contribution >= 4 is 22.6 Å². The Morgan fingerprint density at radius 1 is 1.37 bits per heavy atom. The Kier molecular flexibility index (Phi) is 6.10. The summed E-state index contributed by atoms with van der Waals surface area (Å²) in [6.45, 7) is 6.52. The van der Waals surface area contributed by atoms with E-state index in [1.54, 1.807) is 0 Å². The normalized spacial score (nSPS) is 24.6. The van der Waals surface area contributed by atoms with Crippen LogP contribution in [0.2, 0.25) is 0 Å². The minimum Gasteiger partial charge on any atom is -0.376 e. The standard InChI is InChI=1S/C16H24INO/c1-3-9-18-15(16-12(2)8-10-19-16)11-13-4-6-14(17)7-5-13/h4-7,12,15-16,18H,3,8-11H2,1-2H3. The van der Waals surface area contributed by atoms with E-state index in [0.717, 1.165) is 19.6 Å². The first-order valence-electron chi connectivity index (χ1n) is 7.30. The average Bonchev–Trinajstić information content (AvgIpc) is 2.83. The monoisotopic (exact) mass is 373 g/mol. The molecule has 0 spiro atoms. The molecule has 2 rings (SSSR count). The number of nitrogens with one attached hydrogen (secondary N) is 1. The highest BCUT2D eigenvalue weighted by Gasteiger charge is 2.31. The average molecular weight is 373 g/mol. The van der Waals surface area contributed by atoms with E-state index in [1.807, 2.05) is 0 Å². The number of hydrogen-bond donors (Lipinski definition) is 1. The summed E-state index contributed by atoms with van der Waals surface area (Å²) in [4.78, 5) is 0. The van der Waals surface area contributed by atoms with Gasteiger partial charge in [-0.15, -0.1) is 0 Å². The number of ether oxygens (including phenoxy) is 1. The minimum absolute atomic E-state index is 0.367. The Morgan fingerprint density at radius 3 is 2.68 bits per heavy atom. The predicted octanol–water partition coefficient (Wildman–Crippen LogP) is 3.63. The Bertz CT molecular complexity index is 379. The summed E-state index contributed by atoms with van der Waals surface area (Å²) in [6.07, 6.45) is 3.79. The number of hydrogen-bond acceptors (Lipinski definition) is 2. The van der Waals surface area contributed by atoms with Crippen LogP contribution in [0.15, 0.2) is 24.3 Å². The van der Waals surface area contributed by atoms with Crippen LogP contribution in [-0.2, 0) is 11.2 Å². The molecule has 1 aliphatic rings. The molecule has 1 aromatic carbocycles. The van der Waals surface area contributed by atoms with Crippen LogP contribution >= 0.6 is 22.6 Å². The first-order valence-corrected chi connectivity index (χ1v) is 8.38. The molecule has 0 saturated carbocycles. The number of halogens is 1. The molecule has 2 nitrogen and oxygen atoms in total. The van der Waals surface area contributed by atoms with Gasteiger partial charge in [0.25, 0.3) is 0 Å². The highest BCUT2D eigenvalue weighted by Crippen LogP contribution is 2.25. The lowest BCUT2D eigenvalue weighted by atomic mass is 9.93. The fourth-order valence-electron chi connectivity index (χ4n) is 2.74. The third-order valence-electron chi connectivity index (χ3n) is 3.87. The molecule has 1 saturated heterocycles. The molecule has 0 radical (unpaired) electrons. The van der Waals surface area contributed by atoms with Crippen molar-refractivity contribution < 1.29 is 4.74 Å². The van der Waals surface area contributed by atoms with Crippen LogP contribution in [0.4, 0.5) is 0 Å². The molecule has 1 N–H and O–H groups in total. The van der Waals surface area contributed by atoms with E-state index in [1.165, 1.54) is 22.0 Å². The summed E-state index contributed by atoms with van der Waals surface area (Å²) in [7, 11) is 0. The summed E-state index contributed by atoms with van der Waals surface area (Å²) in [5.41, 5.74) is 1.40. The molecule has 1 aliphatic heterocycles. The summed E-state index contributed by atoms with van der Waals surface area (Å²) >= 11 is 2.35. The van der Waals surface area contributed by atoms with Gasteiger partial charge in [-0.3, -0.25) is 0 Å². The van der Waals surface area contributed by atoms with Gasteiger partial charge in [0.2, 0.25) is 0 Å². The van der Waals surface area contributed by atoms with E-state index in [9.17, 15) is 0 Å². The second kappa shape index (κ2) is 7.60. The van der Waals surface area contributed by atoms with Crippen LogP contribution in [0, 0.1) is 9.49 Å². The van der Waals surface area contributed by atoms with Gasteiger partial charge < -0.3 is 10.1 Å². The summed E-state index contributed by atoms with van der Waals surface area (Å²) in [5.74, 6) is 0.665. The Morgan fingerprint density at radius 2 is 2.11 bits per heavy atom. The highest BCUT2D eigenvalue weighted by atomic mass is 127. The molecule has 0 amide bonds. The van der Waals surface area contributed by atoms with Gasteiger partial charge in [0.15, 0.2) is 0 Å². The second-order valence-electron chi connectivity index (χ2n) is 5.49. The number of benzene rings is 1. The van der Waals surface area contributed by atoms with Gasteiger partial charge in [-0.2, -0.15) is 0 Å². The van der Waals surface area contributed by atoms with Crippen molar-refractivity contribution in [1.29, 1.82) is 0 Å². The summed E-state index contributed by atoms with van der Waals surface area (Å²) in [5, 5.41) is 3.68. The van der Waals surface area contributed by atoms with E-state index in [4.69, 9.17) is 4.74 Å². The van der Waals surface area contributed by atoms with Crippen molar-refractivity contribution in [3.63, 3.8) is 0 Å². The SMILES string of the molecule is CCCNC(Cc1ccc(I)cc1)C1OCCC1C. The molecule has 1 heterocycles. The van der Waals surface area contributed by atoms with E-state index in [-0.39, 0.29) is 0 Å². The van der Waals surface area contributed by atoms with Crippen molar-refractivity contribution in [2.75, 3.05) is 13.2 Å². The molecule has 1 fully saturated rings. The third-order valence-corrected chi connectivity index (χ3v) is 4.59. The molecule has 19 heavy (non-hydrogen) atoms. The maximum absolute atomic E-state index is 5.96. The molecule has 3 atom stereocenters. The van der Waals surface area contributed by atoms with Crippen molar-refractivity contribution in [3.8, 4) is 0 Å². The van der Waals surface area contributed by atoms with E-state index < -0.39 is 0 Å². The van der Waals surface area contributed by atoms with Crippen LogP contribution < -0.4 is 5.32 Å². The lowest BCUT2D eigenvalue weighted by Gasteiger charge is -2.27. The van der Waals surface area contributed by atoms with Crippen LogP contribution in [0.1, 0.15) is 32.3 Å². The quantitative estimate of drug-likeness (QED) is 0.769. The zero-order valence-electron chi connectivity index (χ0n) is 11.9. The van der Waals surface area contributed by atoms with Crippen LogP contribution in [0.25, 0.3) is 0 Å². The smallest absolute Gasteiger partial charge is 0.0757 e. The van der Waals surface area contributed by atoms with Crippen molar-refractivity contribution in [2.45, 2.75) is 45.3 Å². The molecule has 0 aliphatic carbocycles. The highest BCUT2D eigenvalue weighted by molar-refractivity contribution is 14.1. The molecule has 3 unspecified atom stereocenters. The topological polar surface area (TPSA) is 21.3 Å². The van der Waals surface area contributed by atoms with Gasteiger partial charge in [-0.1, -0.05) is 26.0 Å². The lowest BCUT2D eigenvalue weighted by molar-refractivity contribution is 0.0610. The molecule has 0 bridgehead atoms. The Balaban J connectivity index is 2.02. The van der Waals surface area contributed by atoms with Crippen molar-refractivity contribution in [3.05, 3.63) is 33.4 Å². The second-order valence-corrected chi connectivity index (χ2v) is 6.74. The number of rotatable bonds is 6. The van der Waals surface area contributed by atoms with Crippen LogP contribution in [0.5, 0.6) is 0 Å². The zero-order valence-corrected chi connectivity index (χ0v) is 14.0. The first kappa shape index (κ1) is 15.3. The third kappa shape index (κ3) is 4.43. The maximum Gasteiger partial charge on any atom is 0.0757 e. The van der Waals surface area contributed by atoms with E-state index >= 15 is 0 Å². The van der Waals surface area contributed by atoms with Crippen molar-refractivity contribution in [2.24, 2.45) is 5.92 Å². The van der Waals surface area contributed by atoms with E-state index in [2.05, 4.69) is 66.0 Å². The molecule has 1 aromatic rings. The largest absolute Gasteiger partial charge is 0.376 e. The Labute approximate surface area is 130 Å². The van der Waals surface area contributed by atoms with Gasteiger partial charge >= 0.3 is 0 Å². The summed E-state index contributed by atoms with van der Waals surface area (Å²) < 4.78 is 7.25. The van der Waals surface area contributed by atoms with Gasteiger partial charge in [0, 0.05) is 16.2 Å². The first-order chi connectivity index (χ1) is 9.20. The Hall–Kier alpha value is -0.130. The molecule has 0 aromatic heterocycles. The molecular weight excluding hydrogens is 349 g/mol. The molecule has 3 heteroatoms. The zero-order chi connectivity index (χ0) is 13.7. The maximum atomic E-state index is 5.96. The predicted molar refractivity (Wildman–Crippen MR) is 88.5 cm³/mol. The summed E-state index contributed by atoms with van der Waals surface area (Å²) in [6, 6.07) is 9.29. The van der Waals surface area contributed by atoms with E-state index in [0.29, 0.717) is 18.1 Å². The van der Waals surface area contributed by atoms with Gasteiger partial charge in [0.1, 0.15) is 0 Å².